The summed E-state index contributed by atoms with van der Waals surface area (Å²) in [5, 5.41) is 9.37. The largest absolute Gasteiger partial charge is 0.393 e. The Morgan fingerprint density at radius 2 is 2.31 bits per heavy atom. The molecule has 1 fully saturated rings. The van der Waals surface area contributed by atoms with Crippen molar-refractivity contribution in [3.63, 3.8) is 0 Å². The molecule has 0 aromatic rings. The van der Waals surface area contributed by atoms with E-state index in [4.69, 9.17) is 0 Å². The Kier molecular flexibility index (Phi) is 4.13. The second-order valence-electron chi connectivity index (χ2n) is 4.13. The molecule has 0 amide bonds. The minimum absolute atomic E-state index is 0.144. The van der Waals surface area contributed by atoms with Crippen molar-refractivity contribution in [3.05, 3.63) is 0 Å². The molecule has 3 unspecified atom stereocenters. The van der Waals surface area contributed by atoms with Gasteiger partial charge in [0, 0.05) is 19.1 Å². The number of hydrogen-bond acceptors (Lipinski definition) is 2. The fourth-order valence-corrected chi connectivity index (χ4v) is 1.87. The predicted octanol–water partition coefficient (Wildman–Crippen LogP) is 1.58. The van der Waals surface area contributed by atoms with E-state index in [1.807, 2.05) is 0 Å². The fraction of sp³-hybridized carbons (Fsp3) is 1.00. The molecule has 0 spiro atoms. The van der Waals surface area contributed by atoms with Crippen LogP contribution < -0.4 is 0 Å². The second kappa shape index (κ2) is 4.91. The van der Waals surface area contributed by atoms with Gasteiger partial charge in [-0.3, -0.25) is 0 Å². The quantitative estimate of drug-likeness (QED) is 0.728. The average molecular weight is 189 g/mol. The van der Waals surface area contributed by atoms with Gasteiger partial charge >= 0.3 is 0 Å². The van der Waals surface area contributed by atoms with Crippen molar-refractivity contribution >= 4 is 0 Å². The average Bonchev–Trinajstić information content (AvgIpc) is 2.02. The van der Waals surface area contributed by atoms with Crippen molar-refractivity contribution in [2.75, 3.05) is 13.1 Å². The third-order valence-corrected chi connectivity index (χ3v) is 2.80. The van der Waals surface area contributed by atoms with Crippen LogP contribution in [-0.4, -0.2) is 41.4 Å². The minimum Gasteiger partial charge on any atom is -0.393 e. The van der Waals surface area contributed by atoms with Crippen LogP contribution in [0.5, 0.6) is 0 Å². The fourth-order valence-electron chi connectivity index (χ4n) is 1.87. The van der Waals surface area contributed by atoms with Gasteiger partial charge in [-0.05, 0) is 33.1 Å². The molecule has 78 valence electrons. The third kappa shape index (κ3) is 3.61. The highest BCUT2D eigenvalue weighted by Crippen LogP contribution is 2.17. The van der Waals surface area contributed by atoms with Crippen LogP contribution in [0.3, 0.4) is 0 Å². The molecule has 13 heavy (non-hydrogen) atoms. The molecule has 2 nitrogen and oxygen atoms in total. The molecule has 3 heteroatoms. The molecule has 1 rings (SSSR count). The predicted molar refractivity (Wildman–Crippen MR) is 51.5 cm³/mol. The van der Waals surface area contributed by atoms with E-state index < -0.39 is 6.17 Å². The van der Waals surface area contributed by atoms with Crippen molar-refractivity contribution in [3.8, 4) is 0 Å². The topological polar surface area (TPSA) is 23.5 Å². The van der Waals surface area contributed by atoms with Gasteiger partial charge in [0.25, 0.3) is 0 Å². The Labute approximate surface area is 79.7 Å². The number of nitrogens with zero attached hydrogens (tertiary/aromatic N) is 1. The van der Waals surface area contributed by atoms with Gasteiger partial charge in [-0.1, -0.05) is 0 Å². The van der Waals surface area contributed by atoms with Crippen molar-refractivity contribution < 1.29 is 9.50 Å². The highest BCUT2D eigenvalue weighted by atomic mass is 19.1. The summed E-state index contributed by atoms with van der Waals surface area (Å²) in [6, 6.07) is 0.405. The van der Waals surface area contributed by atoms with E-state index in [1.165, 1.54) is 0 Å². The van der Waals surface area contributed by atoms with Crippen LogP contribution in [0.2, 0.25) is 0 Å². The van der Waals surface area contributed by atoms with Gasteiger partial charge in [0.1, 0.15) is 0 Å². The molecule has 1 N–H and O–H groups in total. The van der Waals surface area contributed by atoms with Crippen LogP contribution in [0.15, 0.2) is 0 Å². The maximum Gasteiger partial charge on any atom is 0.0985 e. The minimum atomic E-state index is -0.709. The van der Waals surface area contributed by atoms with Gasteiger partial charge in [-0.2, -0.15) is 0 Å². The number of hydrogen-bond donors (Lipinski definition) is 1. The second-order valence-corrected chi connectivity index (χ2v) is 4.13. The van der Waals surface area contributed by atoms with Crippen LogP contribution >= 0.6 is 0 Å². The Morgan fingerprint density at radius 3 is 2.85 bits per heavy atom. The molecule has 1 saturated heterocycles. The Morgan fingerprint density at radius 1 is 1.62 bits per heavy atom. The number of aliphatic hydroxyl groups excluding tert-OH is 1. The Hall–Kier alpha value is -0.150. The van der Waals surface area contributed by atoms with E-state index in [0.717, 1.165) is 25.9 Å². The molecular formula is C10H20FNO. The molecule has 0 saturated carbocycles. The lowest BCUT2D eigenvalue weighted by molar-refractivity contribution is 0.0448. The zero-order valence-electron chi connectivity index (χ0n) is 8.54. The first kappa shape index (κ1) is 10.9. The van der Waals surface area contributed by atoms with E-state index in [2.05, 4.69) is 11.8 Å². The number of rotatable bonds is 3. The molecule has 1 aliphatic heterocycles. The lowest BCUT2D eigenvalue weighted by atomic mass is 10.0. The number of aliphatic hydroxyl groups is 1. The van der Waals surface area contributed by atoms with Crippen LogP contribution in [-0.2, 0) is 0 Å². The molecule has 1 aliphatic rings. The summed E-state index contributed by atoms with van der Waals surface area (Å²) < 4.78 is 12.6. The van der Waals surface area contributed by atoms with E-state index >= 15 is 0 Å². The van der Waals surface area contributed by atoms with Crippen molar-refractivity contribution in [1.82, 2.24) is 4.90 Å². The lowest BCUT2D eigenvalue weighted by Gasteiger charge is -2.35. The SMILES string of the molecule is CC(F)CCN1CCC(O)CC1C. The van der Waals surface area contributed by atoms with Crippen LogP contribution in [0.4, 0.5) is 4.39 Å². The lowest BCUT2D eigenvalue weighted by Crippen LogP contribution is -2.43. The smallest absolute Gasteiger partial charge is 0.0985 e. The van der Waals surface area contributed by atoms with Crippen LogP contribution in [0, 0.1) is 0 Å². The number of likely N-dealkylation sites (tertiary alicyclic amines) is 1. The highest BCUT2D eigenvalue weighted by molar-refractivity contribution is 4.78. The van der Waals surface area contributed by atoms with Gasteiger partial charge in [0.2, 0.25) is 0 Å². The van der Waals surface area contributed by atoms with E-state index in [9.17, 15) is 9.50 Å². The number of halogens is 1. The summed E-state index contributed by atoms with van der Waals surface area (Å²) in [6.07, 6.45) is 1.43. The Balaban J connectivity index is 2.25. The normalized spacial score (nSPS) is 33.2. The molecule has 0 radical (unpaired) electrons. The van der Waals surface area contributed by atoms with E-state index in [-0.39, 0.29) is 6.10 Å². The van der Waals surface area contributed by atoms with E-state index in [0.29, 0.717) is 12.5 Å². The van der Waals surface area contributed by atoms with Gasteiger partial charge in [-0.25, -0.2) is 4.39 Å². The molecule has 0 aromatic carbocycles. The molecule has 3 atom stereocenters. The van der Waals surface area contributed by atoms with Gasteiger partial charge in [0.05, 0.1) is 12.3 Å². The summed E-state index contributed by atoms with van der Waals surface area (Å²) in [4.78, 5) is 2.27. The molecule has 1 heterocycles. The third-order valence-electron chi connectivity index (χ3n) is 2.80. The summed E-state index contributed by atoms with van der Waals surface area (Å²) >= 11 is 0. The number of alkyl halides is 1. The van der Waals surface area contributed by atoms with E-state index in [1.54, 1.807) is 6.92 Å². The van der Waals surface area contributed by atoms with Crippen molar-refractivity contribution in [2.24, 2.45) is 0 Å². The zero-order valence-corrected chi connectivity index (χ0v) is 8.54. The highest BCUT2D eigenvalue weighted by Gasteiger charge is 2.23. The maximum absolute atomic E-state index is 12.6. The maximum atomic E-state index is 12.6. The van der Waals surface area contributed by atoms with Gasteiger partial charge in [0.15, 0.2) is 0 Å². The summed E-state index contributed by atoms with van der Waals surface area (Å²) in [5.41, 5.74) is 0. The first-order valence-corrected chi connectivity index (χ1v) is 5.15. The first-order chi connectivity index (χ1) is 6.09. The van der Waals surface area contributed by atoms with Gasteiger partial charge < -0.3 is 10.0 Å². The van der Waals surface area contributed by atoms with Gasteiger partial charge in [-0.15, -0.1) is 0 Å². The van der Waals surface area contributed by atoms with Crippen molar-refractivity contribution in [1.29, 1.82) is 0 Å². The number of piperidine rings is 1. The molecule has 0 bridgehead atoms. The van der Waals surface area contributed by atoms with Crippen LogP contribution in [0.1, 0.15) is 33.1 Å². The zero-order chi connectivity index (χ0) is 9.84. The summed E-state index contributed by atoms with van der Waals surface area (Å²) in [5.74, 6) is 0. The summed E-state index contributed by atoms with van der Waals surface area (Å²) in [7, 11) is 0. The standard InChI is InChI=1S/C10H20FNO/c1-8(11)3-5-12-6-4-10(13)7-9(12)2/h8-10,13H,3-7H2,1-2H3. The Bertz CT molecular complexity index is 152. The monoisotopic (exact) mass is 189 g/mol. The molecular weight excluding hydrogens is 169 g/mol. The first-order valence-electron chi connectivity index (χ1n) is 5.15. The van der Waals surface area contributed by atoms with Crippen LogP contribution in [0.25, 0.3) is 0 Å². The van der Waals surface area contributed by atoms with Crippen molar-refractivity contribution in [2.45, 2.75) is 51.4 Å². The molecule has 0 aromatic heterocycles. The summed E-state index contributed by atoms with van der Waals surface area (Å²) in [6.45, 7) is 5.44. The molecule has 0 aliphatic carbocycles.